The summed E-state index contributed by atoms with van der Waals surface area (Å²) in [6, 6.07) is 8.40. The van der Waals surface area contributed by atoms with Gasteiger partial charge in [-0.15, -0.1) is 0 Å². The summed E-state index contributed by atoms with van der Waals surface area (Å²) in [5, 5.41) is 5.78. The van der Waals surface area contributed by atoms with Gasteiger partial charge in [0.25, 0.3) is 0 Å². The second-order valence-electron chi connectivity index (χ2n) is 7.64. The van der Waals surface area contributed by atoms with Crippen molar-refractivity contribution in [1.29, 1.82) is 0 Å². The maximum atomic E-state index is 12.2. The van der Waals surface area contributed by atoms with Crippen LogP contribution in [0.1, 0.15) is 33.6 Å². The lowest BCUT2D eigenvalue weighted by atomic mass is 10.0. The molecule has 1 aromatic carbocycles. The van der Waals surface area contributed by atoms with Gasteiger partial charge in [0.1, 0.15) is 5.60 Å². The predicted molar refractivity (Wildman–Crippen MR) is 103 cm³/mol. The Morgan fingerprint density at radius 3 is 2.65 bits per heavy atom. The molecule has 1 aliphatic heterocycles. The number of likely N-dealkylation sites (tertiary alicyclic amines) is 1. The minimum Gasteiger partial charge on any atom is -0.481 e. The number of carbonyl (C=O) groups is 1. The lowest BCUT2D eigenvalue weighted by Gasteiger charge is -2.34. The third kappa shape index (κ3) is 4.36. The van der Waals surface area contributed by atoms with Crippen LogP contribution in [0.2, 0.25) is 0 Å². The van der Waals surface area contributed by atoms with E-state index in [1.165, 1.54) is 0 Å². The van der Waals surface area contributed by atoms with Crippen LogP contribution in [0.5, 0.6) is 5.88 Å². The van der Waals surface area contributed by atoms with Crippen molar-refractivity contribution in [1.82, 2.24) is 9.88 Å². The maximum Gasteiger partial charge on any atom is 0.410 e. The summed E-state index contributed by atoms with van der Waals surface area (Å²) in [5.41, 5.74) is 0.612. The van der Waals surface area contributed by atoms with Gasteiger partial charge >= 0.3 is 6.09 Å². The second-order valence-corrected chi connectivity index (χ2v) is 7.64. The van der Waals surface area contributed by atoms with E-state index >= 15 is 0 Å². The number of ether oxygens (including phenoxy) is 2. The Balaban J connectivity index is 1.65. The molecule has 140 valence electrons. The largest absolute Gasteiger partial charge is 0.481 e. The van der Waals surface area contributed by atoms with Gasteiger partial charge in [-0.05, 0) is 39.7 Å². The molecule has 1 fully saturated rings. The van der Waals surface area contributed by atoms with E-state index < -0.39 is 5.60 Å². The van der Waals surface area contributed by atoms with Gasteiger partial charge in [0, 0.05) is 47.9 Å². The molecule has 0 aliphatic carbocycles. The van der Waals surface area contributed by atoms with Gasteiger partial charge in [-0.25, -0.2) is 9.78 Å². The standard InChI is InChI=1S/C20H27N3O3/c1-20(2,3)26-19(24)23-10-8-15(9-11-23)22-17-7-5-6-14-13-21-18(25-4)12-16(14)17/h5-7,12-13,15,22H,8-11H2,1-4H3. The molecule has 0 bridgehead atoms. The van der Waals surface area contributed by atoms with Crippen molar-refractivity contribution in [3.05, 3.63) is 30.5 Å². The first kappa shape index (κ1) is 18.3. The van der Waals surface area contributed by atoms with E-state index in [0.29, 0.717) is 25.0 Å². The lowest BCUT2D eigenvalue weighted by molar-refractivity contribution is 0.0210. The minimum absolute atomic E-state index is 0.225. The first-order valence-corrected chi connectivity index (χ1v) is 9.03. The molecule has 0 unspecified atom stereocenters. The molecule has 0 radical (unpaired) electrons. The third-order valence-corrected chi connectivity index (χ3v) is 4.45. The van der Waals surface area contributed by atoms with Crippen LogP contribution in [-0.4, -0.2) is 47.8 Å². The molecule has 2 heterocycles. The zero-order valence-electron chi connectivity index (χ0n) is 15.9. The fraction of sp³-hybridized carbons (Fsp3) is 0.500. The molecule has 26 heavy (non-hydrogen) atoms. The highest BCUT2D eigenvalue weighted by molar-refractivity contribution is 5.94. The first-order chi connectivity index (χ1) is 12.4. The highest BCUT2D eigenvalue weighted by atomic mass is 16.6. The number of nitrogens with zero attached hydrogens (tertiary/aromatic N) is 2. The van der Waals surface area contributed by atoms with Crippen molar-refractivity contribution in [2.24, 2.45) is 0 Å². The van der Waals surface area contributed by atoms with Crippen LogP contribution >= 0.6 is 0 Å². The summed E-state index contributed by atoms with van der Waals surface area (Å²) in [5.74, 6) is 0.603. The number of aromatic nitrogens is 1. The quantitative estimate of drug-likeness (QED) is 0.898. The Hall–Kier alpha value is -2.50. The van der Waals surface area contributed by atoms with Crippen LogP contribution in [-0.2, 0) is 4.74 Å². The number of hydrogen-bond donors (Lipinski definition) is 1. The third-order valence-electron chi connectivity index (χ3n) is 4.45. The van der Waals surface area contributed by atoms with Crippen molar-refractivity contribution in [2.75, 3.05) is 25.5 Å². The van der Waals surface area contributed by atoms with E-state index in [1.54, 1.807) is 12.0 Å². The molecule has 1 N–H and O–H groups in total. The Morgan fingerprint density at radius 2 is 2.00 bits per heavy atom. The van der Waals surface area contributed by atoms with E-state index in [9.17, 15) is 4.79 Å². The van der Waals surface area contributed by atoms with Crippen molar-refractivity contribution in [3.63, 3.8) is 0 Å². The van der Waals surface area contributed by atoms with Gasteiger partial charge in [-0.3, -0.25) is 0 Å². The van der Waals surface area contributed by atoms with E-state index in [0.717, 1.165) is 29.3 Å². The molecule has 6 heteroatoms. The molecule has 1 aliphatic rings. The van der Waals surface area contributed by atoms with Crippen LogP contribution in [0.15, 0.2) is 30.5 Å². The zero-order chi connectivity index (χ0) is 18.7. The fourth-order valence-corrected chi connectivity index (χ4v) is 3.14. The normalized spacial score (nSPS) is 15.8. The van der Waals surface area contributed by atoms with Gasteiger partial charge in [0.05, 0.1) is 7.11 Å². The van der Waals surface area contributed by atoms with Crippen molar-refractivity contribution in [3.8, 4) is 5.88 Å². The number of hydrogen-bond acceptors (Lipinski definition) is 5. The minimum atomic E-state index is -0.456. The van der Waals surface area contributed by atoms with E-state index in [-0.39, 0.29) is 6.09 Å². The number of methoxy groups -OCH3 is 1. The van der Waals surface area contributed by atoms with Crippen molar-refractivity contribution < 1.29 is 14.3 Å². The molecule has 0 saturated carbocycles. The summed E-state index contributed by atoms with van der Waals surface area (Å²) < 4.78 is 10.7. The van der Waals surface area contributed by atoms with E-state index in [2.05, 4.69) is 16.4 Å². The first-order valence-electron chi connectivity index (χ1n) is 9.03. The molecular weight excluding hydrogens is 330 g/mol. The van der Waals surface area contributed by atoms with Crippen LogP contribution in [0.4, 0.5) is 10.5 Å². The van der Waals surface area contributed by atoms with Crippen LogP contribution in [0.25, 0.3) is 10.8 Å². The van der Waals surface area contributed by atoms with Crippen LogP contribution < -0.4 is 10.1 Å². The SMILES string of the molecule is COc1cc2c(NC3CCN(C(=O)OC(C)(C)C)CC3)cccc2cn1. The molecule has 1 saturated heterocycles. The summed E-state index contributed by atoms with van der Waals surface area (Å²) >= 11 is 0. The van der Waals surface area contributed by atoms with Gasteiger partial charge < -0.3 is 19.7 Å². The average Bonchev–Trinajstić information content (AvgIpc) is 2.61. The number of carbonyl (C=O) groups excluding carboxylic acids is 1. The number of fused-ring (bicyclic) bond motifs is 1. The number of nitrogens with one attached hydrogen (secondary N) is 1. The summed E-state index contributed by atoms with van der Waals surface area (Å²) in [4.78, 5) is 18.2. The molecule has 2 aromatic rings. The Morgan fingerprint density at radius 1 is 1.27 bits per heavy atom. The van der Waals surface area contributed by atoms with Crippen molar-refractivity contribution >= 4 is 22.6 Å². The second kappa shape index (κ2) is 7.40. The fourth-order valence-electron chi connectivity index (χ4n) is 3.14. The molecule has 1 amide bonds. The van der Waals surface area contributed by atoms with E-state index in [1.807, 2.05) is 45.2 Å². The number of anilines is 1. The maximum absolute atomic E-state index is 12.2. The Bertz CT molecular complexity index is 777. The smallest absolute Gasteiger partial charge is 0.410 e. The molecular formula is C20H27N3O3. The summed E-state index contributed by atoms with van der Waals surface area (Å²) in [7, 11) is 1.62. The van der Waals surface area contributed by atoms with Crippen LogP contribution in [0, 0.1) is 0 Å². The Labute approximate surface area is 154 Å². The number of amides is 1. The van der Waals surface area contributed by atoms with Gasteiger partial charge in [0.15, 0.2) is 0 Å². The van der Waals surface area contributed by atoms with Crippen LogP contribution in [0.3, 0.4) is 0 Å². The highest BCUT2D eigenvalue weighted by Gasteiger charge is 2.27. The molecule has 3 rings (SSSR count). The van der Waals surface area contributed by atoms with Crippen molar-refractivity contribution in [2.45, 2.75) is 45.3 Å². The number of rotatable bonds is 3. The average molecular weight is 357 g/mol. The lowest BCUT2D eigenvalue weighted by Crippen LogP contribution is -2.44. The predicted octanol–water partition coefficient (Wildman–Crippen LogP) is 4.05. The summed E-state index contributed by atoms with van der Waals surface area (Å²) in [6.07, 6.45) is 3.37. The number of benzene rings is 1. The Kier molecular flexibility index (Phi) is 5.20. The summed E-state index contributed by atoms with van der Waals surface area (Å²) in [6.45, 7) is 7.07. The number of piperidine rings is 1. The molecule has 1 aromatic heterocycles. The molecule has 0 spiro atoms. The van der Waals surface area contributed by atoms with Gasteiger partial charge in [-0.2, -0.15) is 0 Å². The molecule has 0 atom stereocenters. The zero-order valence-corrected chi connectivity index (χ0v) is 15.9. The van der Waals surface area contributed by atoms with Gasteiger partial charge in [-0.1, -0.05) is 12.1 Å². The van der Waals surface area contributed by atoms with E-state index in [4.69, 9.17) is 9.47 Å². The van der Waals surface area contributed by atoms with Gasteiger partial charge in [0.2, 0.25) is 5.88 Å². The topological polar surface area (TPSA) is 63.7 Å². The number of pyridine rings is 1. The molecule has 6 nitrogen and oxygen atoms in total. The monoisotopic (exact) mass is 357 g/mol. The highest BCUT2D eigenvalue weighted by Crippen LogP contribution is 2.28.